The van der Waals surface area contributed by atoms with Gasteiger partial charge < -0.3 is 10.8 Å². The van der Waals surface area contributed by atoms with E-state index in [2.05, 4.69) is 18.7 Å². The van der Waals surface area contributed by atoms with Gasteiger partial charge in [0.2, 0.25) is 0 Å². The molecule has 0 aliphatic heterocycles. The first-order chi connectivity index (χ1) is 6.72. The van der Waals surface area contributed by atoms with E-state index < -0.39 is 6.10 Å². The predicted octanol–water partition coefficient (Wildman–Crippen LogP) is 1.46. The van der Waals surface area contributed by atoms with Crippen molar-refractivity contribution in [2.24, 2.45) is 23.5 Å². The summed E-state index contributed by atoms with van der Waals surface area (Å²) in [6, 6.07) is -0.0760. The van der Waals surface area contributed by atoms with Crippen molar-refractivity contribution in [1.29, 1.82) is 0 Å². The maximum absolute atomic E-state index is 9.79. The van der Waals surface area contributed by atoms with E-state index in [1.807, 2.05) is 0 Å². The van der Waals surface area contributed by atoms with Crippen LogP contribution in [0.15, 0.2) is 24.8 Å². The molecule has 0 saturated heterocycles. The van der Waals surface area contributed by atoms with Gasteiger partial charge in [-0.1, -0.05) is 18.2 Å². The third-order valence-corrected chi connectivity index (χ3v) is 3.68. The first-order valence-corrected chi connectivity index (χ1v) is 5.45. The van der Waals surface area contributed by atoms with E-state index in [1.165, 1.54) is 6.42 Å². The highest BCUT2D eigenvalue weighted by Gasteiger charge is 2.40. The molecule has 78 valence electrons. The average molecular weight is 193 g/mol. The summed E-state index contributed by atoms with van der Waals surface area (Å²) in [5.74, 6) is 1.83. The van der Waals surface area contributed by atoms with Gasteiger partial charge in [0.1, 0.15) is 0 Å². The quantitative estimate of drug-likeness (QED) is 0.664. The lowest BCUT2D eigenvalue weighted by atomic mass is 9.84. The zero-order valence-corrected chi connectivity index (χ0v) is 8.47. The molecule has 0 spiro atoms. The number of fused-ring (bicyclic) bond motifs is 2. The molecule has 14 heavy (non-hydrogen) atoms. The van der Waals surface area contributed by atoms with Crippen LogP contribution < -0.4 is 5.73 Å². The second kappa shape index (κ2) is 3.87. The summed E-state index contributed by atoms with van der Waals surface area (Å²) in [5.41, 5.74) is 6.06. The summed E-state index contributed by atoms with van der Waals surface area (Å²) in [5, 5.41) is 9.79. The van der Waals surface area contributed by atoms with E-state index in [4.69, 9.17) is 5.73 Å². The summed E-state index contributed by atoms with van der Waals surface area (Å²) in [6.45, 7) is 3.63. The maximum Gasteiger partial charge on any atom is 0.0728 e. The van der Waals surface area contributed by atoms with Crippen molar-refractivity contribution in [2.75, 3.05) is 0 Å². The van der Waals surface area contributed by atoms with E-state index in [0.717, 1.165) is 12.3 Å². The minimum atomic E-state index is -0.412. The average Bonchev–Trinajstić information content (AvgIpc) is 2.77. The van der Waals surface area contributed by atoms with Crippen LogP contribution in [0.2, 0.25) is 0 Å². The van der Waals surface area contributed by atoms with Crippen LogP contribution in [0, 0.1) is 17.8 Å². The fourth-order valence-corrected chi connectivity index (χ4v) is 2.88. The molecular formula is C12H19NO. The number of aliphatic hydroxyl groups excluding tert-OH is 1. The van der Waals surface area contributed by atoms with Crippen LogP contribution in [0.3, 0.4) is 0 Å². The Bertz CT molecular complexity index is 249. The van der Waals surface area contributed by atoms with Crippen molar-refractivity contribution < 1.29 is 5.11 Å². The van der Waals surface area contributed by atoms with Gasteiger partial charge in [-0.15, -0.1) is 6.58 Å². The van der Waals surface area contributed by atoms with Gasteiger partial charge in [0.15, 0.2) is 0 Å². The summed E-state index contributed by atoms with van der Waals surface area (Å²) in [7, 11) is 0. The highest BCUT2D eigenvalue weighted by molar-refractivity contribution is 5.12. The number of nitrogens with two attached hydrogens (primary N) is 1. The van der Waals surface area contributed by atoms with Gasteiger partial charge in [0, 0.05) is 6.04 Å². The Hall–Kier alpha value is -0.600. The van der Waals surface area contributed by atoms with Crippen molar-refractivity contribution in [1.82, 2.24) is 0 Å². The van der Waals surface area contributed by atoms with Crippen LogP contribution in [0.1, 0.15) is 19.3 Å². The number of hydrogen-bond donors (Lipinski definition) is 2. The molecule has 1 fully saturated rings. The highest BCUT2D eigenvalue weighted by Crippen LogP contribution is 2.45. The number of rotatable bonds is 4. The second-order valence-electron chi connectivity index (χ2n) is 4.61. The SMILES string of the molecule is C=CCC(O)C(N)C1CC2C=CC1C2. The van der Waals surface area contributed by atoms with Gasteiger partial charge in [0.25, 0.3) is 0 Å². The first-order valence-electron chi connectivity index (χ1n) is 5.45. The maximum atomic E-state index is 9.79. The number of allylic oxidation sites excluding steroid dienone is 2. The molecule has 2 aliphatic rings. The lowest BCUT2D eigenvalue weighted by molar-refractivity contribution is 0.111. The zero-order chi connectivity index (χ0) is 10.1. The van der Waals surface area contributed by atoms with Gasteiger partial charge in [-0.2, -0.15) is 0 Å². The van der Waals surface area contributed by atoms with Crippen LogP contribution in [-0.4, -0.2) is 17.3 Å². The Morgan fingerprint density at radius 3 is 2.79 bits per heavy atom. The first kappa shape index (κ1) is 9.94. The van der Waals surface area contributed by atoms with E-state index in [9.17, 15) is 5.11 Å². The summed E-state index contributed by atoms with van der Waals surface area (Å²) >= 11 is 0. The summed E-state index contributed by atoms with van der Waals surface area (Å²) < 4.78 is 0. The standard InChI is InChI=1S/C12H19NO/c1-2-3-11(14)12(13)10-7-8-4-5-9(10)6-8/h2,4-5,8-12,14H,1,3,6-7,13H2. The van der Waals surface area contributed by atoms with Gasteiger partial charge in [-0.25, -0.2) is 0 Å². The highest BCUT2D eigenvalue weighted by atomic mass is 16.3. The van der Waals surface area contributed by atoms with Gasteiger partial charge >= 0.3 is 0 Å². The lowest BCUT2D eigenvalue weighted by Crippen LogP contribution is -2.42. The molecule has 1 saturated carbocycles. The molecule has 0 aromatic rings. The minimum absolute atomic E-state index is 0.0760. The Morgan fingerprint density at radius 1 is 1.50 bits per heavy atom. The molecule has 2 bridgehead atoms. The molecule has 0 heterocycles. The predicted molar refractivity (Wildman–Crippen MR) is 57.6 cm³/mol. The van der Waals surface area contributed by atoms with Crippen LogP contribution in [0.25, 0.3) is 0 Å². The molecule has 2 aliphatic carbocycles. The normalized spacial score (nSPS) is 38.6. The van der Waals surface area contributed by atoms with E-state index in [-0.39, 0.29) is 6.04 Å². The number of aliphatic hydroxyl groups is 1. The summed E-state index contributed by atoms with van der Waals surface area (Å²) in [4.78, 5) is 0. The molecule has 0 amide bonds. The Morgan fingerprint density at radius 2 is 2.29 bits per heavy atom. The monoisotopic (exact) mass is 193 g/mol. The molecule has 2 heteroatoms. The third-order valence-electron chi connectivity index (χ3n) is 3.68. The third kappa shape index (κ3) is 1.64. The molecule has 0 aromatic heterocycles. The Balaban J connectivity index is 1.95. The van der Waals surface area contributed by atoms with E-state index in [1.54, 1.807) is 6.08 Å². The van der Waals surface area contributed by atoms with Crippen molar-refractivity contribution in [3.05, 3.63) is 24.8 Å². The smallest absolute Gasteiger partial charge is 0.0728 e. The lowest BCUT2D eigenvalue weighted by Gasteiger charge is -2.28. The van der Waals surface area contributed by atoms with E-state index >= 15 is 0 Å². The van der Waals surface area contributed by atoms with Gasteiger partial charge in [-0.05, 0) is 37.0 Å². The Labute approximate surface area is 85.5 Å². The molecule has 5 unspecified atom stereocenters. The van der Waals surface area contributed by atoms with E-state index in [0.29, 0.717) is 18.3 Å². The second-order valence-corrected chi connectivity index (χ2v) is 4.61. The zero-order valence-electron chi connectivity index (χ0n) is 8.47. The molecule has 0 radical (unpaired) electrons. The van der Waals surface area contributed by atoms with Crippen molar-refractivity contribution in [3.8, 4) is 0 Å². The molecule has 2 nitrogen and oxygen atoms in total. The molecule has 0 aromatic carbocycles. The van der Waals surface area contributed by atoms with Crippen LogP contribution in [-0.2, 0) is 0 Å². The summed E-state index contributed by atoms with van der Waals surface area (Å²) in [6.07, 6.45) is 8.93. The van der Waals surface area contributed by atoms with Crippen molar-refractivity contribution in [2.45, 2.75) is 31.4 Å². The van der Waals surface area contributed by atoms with Gasteiger partial charge in [-0.3, -0.25) is 0 Å². The number of hydrogen-bond acceptors (Lipinski definition) is 2. The fourth-order valence-electron chi connectivity index (χ4n) is 2.88. The van der Waals surface area contributed by atoms with Crippen molar-refractivity contribution in [3.63, 3.8) is 0 Å². The van der Waals surface area contributed by atoms with Gasteiger partial charge in [0.05, 0.1) is 6.10 Å². The van der Waals surface area contributed by atoms with Crippen LogP contribution in [0.5, 0.6) is 0 Å². The largest absolute Gasteiger partial charge is 0.391 e. The van der Waals surface area contributed by atoms with Crippen LogP contribution >= 0.6 is 0 Å². The molecule has 3 N–H and O–H groups in total. The minimum Gasteiger partial charge on any atom is -0.391 e. The Kier molecular flexibility index (Phi) is 2.75. The fraction of sp³-hybridized carbons (Fsp3) is 0.667. The molecule has 2 rings (SSSR count). The van der Waals surface area contributed by atoms with Crippen molar-refractivity contribution >= 4 is 0 Å². The molecular weight excluding hydrogens is 174 g/mol. The molecule has 5 atom stereocenters. The van der Waals surface area contributed by atoms with Crippen LogP contribution in [0.4, 0.5) is 0 Å². The topological polar surface area (TPSA) is 46.2 Å².